The van der Waals surface area contributed by atoms with E-state index in [1.165, 1.54) is 13.0 Å². The van der Waals surface area contributed by atoms with Gasteiger partial charge < -0.3 is 4.79 Å². The number of carbonyl (C=O) groups excluding carboxylic acids is 1. The Morgan fingerprint density at radius 1 is 1.78 bits per heavy atom. The molecule has 1 nitrogen and oxygen atoms in total. The number of halogens is 1. The molecule has 50 valence electrons. The third kappa shape index (κ3) is 5.17. The molecule has 0 amide bonds. The number of thiophene rings is 1. The maximum atomic E-state index is 11.7. The van der Waals surface area contributed by atoms with Gasteiger partial charge in [0.15, 0.2) is 5.13 Å². The number of hydrogen-bond acceptors (Lipinski definition) is 2. The van der Waals surface area contributed by atoms with Gasteiger partial charge in [-0.05, 0) is 24.4 Å². The predicted molar refractivity (Wildman–Crippen MR) is 36.0 cm³/mol. The Balaban J connectivity index is 0.000000187. The van der Waals surface area contributed by atoms with Crippen LogP contribution in [0.15, 0.2) is 17.5 Å². The first-order valence-corrected chi connectivity index (χ1v) is 3.28. The minimum Gasteiger partial charge on any atom is -0.304 e. The molecule has 0 bridgehead atoms. The lowest BCUT2D eigenvalue weighted by atomic mass is 10.7. The molecule has 0 aliphatic rings. The predicted octanol–water partition coefficient (Wildman–Crippen LogP) is 2.09. The van der Waals surface area contributed by atoms with Gasteiger partial charge in [-0.15, -0.1) is 11.3 Å². The van der Waals surface area contributed by atoms with Gasteiger partial charge in [-0.1, -0.05) is 0 Å². The number of rotatable bonds is 0. The van der Waals surface area contributed by atoms with Crippen LogP contribution < -0.4 is 0 Å². The molecule has 9 heavy (non-hydrogen) atoms. The summed E-state index contributed by atoms with van der Waals surface area (Å²) in [5.74, 6) is 0. The van der Waals surface area contributed by atoms with Crippen LogP contribution in [0.4, 0.5) is 4.39 Å². The fourth-order valence-corrected chi connectivity index (χ4v) is 0.703. The van der Waals surface area contributed by atoms with Gasteiger partial charge in [0, 0.05) is 0 Å². The summed E-state index contributed by atoms with van der Waals surface area (Å²) in [7, 11) is 0. The third-order valence-electron chi connectivity index (χ3n) is 0.486. The van der Waals surface area contributed by atoms with E-state index >= 15 is 0 Å². The molecule has 0 unspecified atom stereocenters. The summed E-state index contributed by atoms with van der Waals surface area (Å²) in [5.41, 5.74) is 0. The Hall–Kier alpha value is -0.700. The van der Waals surface area contributed by atoms with Crippen LogP contribution in [0.25, 0.3) is 0 Å². The topological polar surface area (TPSA) is 17.1 Å². The van der Waals surface area contributed by atoms with E-state index in [1.807, 2.05) is 0 Å². The van der Waals surface area contributed by atoms with Gasteiger partial charge in [0.05, 0.1) is 0 Å². The lowest BCUT2D eigenvalue weighted by Gasteiger charge is -1.60. The van der Waals surface area contributed by atoms with E-state index in [4.69, 9.17) is 4.79 Å². The highest BCUT2D eigenvalue weighted by molar-refractivity contribution is 7.08. The standard InChI is InChI=1S/C4H3FS.C2H4O/c5-4-2-1-3-6-4;1-2-3/h1-3H;2H,1H3. The monoisotopic (exact) mass is 146 g/mol. The van der Waals surface area contributed by atoms with Crippen LogP contribution in [0.1, 0.15) is 6.92 Å². The number of hydrogen-bond donors (Lipinski definition) is 0. The van der Waals surface area contributed by atoms with Gasteiger partial charge in [0.2, 0.25) is 0 Å². The summed E-state index contributed by atoms with van der Waals surface area (Å²) in [4.78, 5) is 8.81. The van der Waals surface area contributed by atoms with Crippen molar-refractivity contribution in [2.24, 2.45) is 0 Å². The first-order chi connectivity index (χ1) is 4.31. The smallest absolute Gasteiger partial charge is 0.176 e. The second-order valence-electron chi connectivity index (χ2n) is 1.15. The quantitative estimate of drug-likeness (QED) is 0.512. The SMILES string of the molecule is CC=O.Fc1cccs1. The zero-order valence-electron chi connectivity index (χ0n) is 5.00. The average molecular weight is 146 g/mol. The third-order valence-corrected chi connectivity index (χ3v) is 1.14. The summed E-state index contributed by atoms with van der Waals surface area (Å²) in [5, 5.41) is 1.59. The second kappa shape index (κ2) is 5.44. The Morgan fingerprint density at radius 2 is 2.33 bits per heavy atom. The molecule has 0 aromatic carbocycles. The average Bonchev–Trinajstić information content (AvgIpc) is 2.20. The molecule has 0 N–H and O–H groups in total. The summed E-state index contributed by atoms with van der Waals surface area (Å²) in [6, 6.07) is 3.12. The summed E-state index contributed by atoms with van der Waals surface area (Å²) in [6.07, 6.45) is 0.750. The van der Waals surface area contributed by atoms with Crippen molar-refractivity contribution < 1.29 is 9.18 Å². The van der Waals surface area contributed by atoms with E-state index in [9.17, 15) is 4.39 Å². The summed E-state index contributed by atoms with van der Waals surface area (Å²) in [6.45, 7) is 1.44. The summed E-state index contributed by atoms with van der Waals surface area (Å²) < 4.78 is 11.7. The Kier molecular flexibility index (Phi) is 5.01. The van der Waals surface area contributed by atoms with E-state index in [-0.39, 0.29) is 5.13 Å². The lowest BCUT2D eigenvalue weighted by molar-refractivity contribution is -0.106. The van der Waals surface area contributed by atoms with Crippen molar-refractivity contribution in [3.05, 3.63) is 22.6 Å². The van der Waals surface area contributed by atoms with Crippen molar-refractivity contribution in [3.63, 3.8) is 0 Å². The molecule has 0 saturated carbocycles. The van der Waals surface area contributed by atoms with Crippen LogP contribution in [-0.2, 0) is 4.79 Å². The van der Waals surface area contributed by atoms with Gasteiger partial charge in [-0.3, -0.25) is 0 Å². The molecular formula is C6H7FOS. The minimum atomic E-state index is -0.116. The highest BCUT2D eigenvalue weighted by atomic mass is 32.1. The minimum absolute atomic E-state index is 0.116. The summed E-state index contributed by atoms with van der Waals surface area (Å²) >= 11 is 1.11. The normalized spacial score (nSPS) is 7.33. The van der Waals surface area contributed by atoms with Gasteiger partial charge in [0.1, 0.15) is 6.29 Å². The van der Waals surface area contributed by atoms with Gasteiger partial charge >= 0.3 is 0 Å². The zero-order valence-corrected chi connectivity index (χ0v) is 5.82. The van der Waals surface area contributed by atoms with E-state index in [0.29, 0.717) is 0 Å². The van der Waals surface area contributed by atoms with Crippen LogP contribution in [-0.4, -0.2) is 6.29 Å². The molecular weight excluding hydrogens is 139 g/mol. The van der Waals surface area contributed by atoms with Gasteiger partial charge in [-0.25, -0.2) is 0 Å². The molecule has 3 heteroatoms. The molecule has 0 aliphatic carbocycles. The van der Waals surface area contributed by atoms with Crippen LogP contribution in [0, 0.1) is 5.13 Å². The van der Waals surface area contributed by atoms with E-state index in [2.05, 4.69) is 0 Å². The van der Waals surface area contributed by atoms with Gasteiger partial charge in [-0.2, -0.15) is 4.39 Å². The fourth-order valence-electron chi connectivity index (χ4n) is 0.259. The Morgan fingerprint density at radius 3 is 2.44 bits per heavy atom. The van der Waals surface area contributed by atoms with Crippen LogP contribution >= 0.6 is 11.3 Å². The molecule has 0 fully saturated rings. The number of carbonyl (C=O) groups is 1. The lowest BCUT2D eigenvalue weighted by Crippen LogP contribution is -1.43. The highest BCUT2D eigenvalue weighted by Gasteiger charge is 1.80. The molecule has 0 atom stereocenters. The van der Waals surface area contributed by atoms with Crippen molar-refractivity contribution in [2.45, 2.75) is 6.92 Å². The molecule has 1 heterocycles. The van der Waals surface area contributed by atoms with E-state index < -0.39 is 0 Å². The van der Waals surface area contributed by atoms with Crippen LogP contribution in [0.3, 0.4) is 0 Å². The molecule has 1 rings (SSSR count). The molecule has 0 aliphatic heterocycles. The Bertz CT molecular complexity index is 148. The largest absolute Gasteiger partial charge is 0.304 e. The maximum absolute atomic E-state index is 11.7. The first-order valence-electron chi connectivity index (χ1n) is 2.40. The maximum Gasteiger partial charge on any atom is 0.176 e. The molecule has 0 radical (unpaired) electrons. The molecule has 0 spiro atoms. The first kappa shape index (κ1) is 8.30. The van der Waals surface area contributed by atoms with E-state index in [0.717, 1.165) is 17.6 Å². The van der Waals surface area contributed by atoms with Crippen molar-refractivity contribution >= 4 is 17.6 Å². The van der Waals surface area contributed by atoms with Crippen LogP contribution in [0.5, 0.6) is 0 Å². The zero-order chi connectivity index (χ0) is 7.11. The number of aldehydes is 1. The van der Waals surface area contributed by atoms with E-state index in [1.54, 1.807) is 11.4 Å². The highest BCUT2D eigenvalue weighted by Crippen LogP contribution is 2.02. The van der Waals surface area contributed by atoms with Gasteiger partial charge in [0.25, 0.3) is 0 Å². The molecule has 1 aromatic rings. The molecule has 0 saturated heterocycles. The second-order valence-corrected chi connectivity index (χ2v) is 2.05. The Labute approximate surface area is 57.1 Å². The van der Waals surface area contributed by atoms with Crippen molar-refractivity contribution in [1.29, 1.82) is 0 Å². The van der Waals surface area contributed by atoms with Crippen molar-refractivity contribution in [3.8, 4) is 0 Å². The fraction of sp³-hybridized carbons (Fsp3) is 0.167. The van der Waals surface area contributed by atoms with Crippen molar-refractivity contribution in [1.82, 2.24) is 0 Å². The molecule has 1 aromatic heterocycles. The van der Waals surface area contributed by atoms with Crippen LogP contribution in [0.2, 0.25) is 0 Å². The van der Waals surface area contributed by atoms with Crippen molar-refractivity contribution in [2.75, 3.05) is 0 Å².